The standard InChI is InChI=1S/C18H28N4O2/c1-7-11-22(12-8-2)18(24)14(4)19-17(23)10-9-16-13(3)20-21(6)15(16)5/h7-8,14H,1-2,9-12H2,3-6H3,(H,19,23). The van der Waals surface area contributed by atoms with Crippen molar-refractivity contribution in [2.24, 2.45) is 7.05 Å². The van der Waals surface area contributed by atoms with Crippen molar-refractivity contribution in [3.63, 3.8) is 0 Å². The number of nitrogens with zero attached hydrogens (tertiary/aromatic N) is 3. The Balaban J connectivity index is 2.58. The molecule has 1 aromatic heterocycles. The molecule has 1 unspecified atom stereocenters. The molecule has 0 aliphatic carbocycles. The third kappa shape index (κ3) is 5.08. The lowest BCUT2D eigenvalue weighted by molar-refractivity contribution is -0.135. The van der Waals surface area contributed by atoms with Crippen LogP contribution in [0.2, 0.25) is 0 Å². The molecule has 0 fully saturated rings. The van der Waals surface area contributed by atoms with E-state index in [4.69, 9.17) is 0 Å². The van der Waals surface area contributed by atoms with Gasteiger partial charge >= 0.3 is 0 Å². The largest absolute Gasteiger partial charge is 0.345 e. The van der Waals surface area contributed by atoms with Crippen molar-refractivity contribution in [2.45, 2.75) is 39.7 Å². The van der Waals surface area contributed by atoms with Crippen molar-refractivity contribution < 1.29 is 9.59 Å². The van der Waals surface area contributed by atoms with Crippen molar-refractivity contribution in [2.75, 3.05) is 13.1 Å². The Morgan fingerprint density at radius 3 is 2.33 bits per heavy atom. The number of aryl methyl sites for hydroxylation is 2. The second kappa shape index (κ2) is 9.05. The van der Waals surface area contributed by atoms with Crippen LogP contribution in [0.3, 0.4) is 0 Å². The van der Waals surface area contributed by atoms with Crippen LogP contribution < -0.4 is 5.32 Å². The zero-order valence-corrected chi connectivity index (χ0v) is 15.1. The molecule has 0 saturated carbocycles. The molecule has 0 radical (unpaired) electrons. The number of rotatable bonds is 9. The van der Waals surface area contributed by atoms with E-state index in [2.05, 4.69) is 23.6 Å². The van der Waals surface area contributed by atoms with E-state index in [0.717, 1.165) is 17.0 Å². The highest BCUT2D eigenvalue weighted by molar-refractivity contribution is 5.87. The molecule has 2 amide bonds. The van der Waals surface area contributed by atoms with E-state index < -0.39 is 6.04 Å². The first-order valence-electron chi connectivity index (χ1n) is 8.10. The molecule has 0 aliphatic heterocycles. The molecule has 1 atom stereocenters. The number of carbonyl (C=O) groups excluding carboxylic acids is 2. The lowest BCUT2D eigenvalue weighted by atomic mass is 10.1. The minimum absolute atomic E-state index is 0.142. The average molecular weight is 332 g/mol. The highest BCUT2D eigenvalue weighted by Gasteiger charge is 2.21. The predicted octanol–water partition coefficient (Wildman–Crippen LogP) is 1.67. The first-order chi connectivity index (χ1) is 11.3. The van der Waals surface area contributed by atoms with Gasteiger partial charge in [-0.15, -0.1) is 13.2 Å². The highest BCUT2D eigenvalue weighted by Crippen LogP contribution is 2.14. The van der Waals surface area contributed by atoms with Crippen molar-refractivity contribution in [1.82, 2.24) is 20.0 Å². The van der Waals surface area contributed by atoms with Gasteiger partial charge in [-0.3, -0.25) is 14.3 Å². The van der Waals surface area contributed by atoms with Crippen LogP contribution in [0.4, 0.5) is 0 Å². The van der Waals surface area contributed by atoms with E-state index in [1.807, 2.05) is 25.6 Å². The molecule has 1 heterocycles. The molecule has 0 bridgehead atoms. The van der Waals surface area contributed by atoms with Gasteiger partial charge in [-0.05, 0) is 32.8 Å². The van der Waals surface area contributed by atoms with Gasteiger partial charge in [-0.1, -0.05) is 12.2 Å². The summed E-state index contributed by atoms with van der Waals surface area (Å²) in [7, 11) is 1.89. The fraction of sp³-hybridized carbons (Fsp3) is 0.500. The molecule has 0 aliphatic rings. The first-order valence-corrected chi connectivity index (χ1v) is 8.10. The van der Waals surface area contributed by atoms with E-state index >= 15 is 0 Å². The zero-order chi connectivity index (χ0) is 18.3. The van der Waals surface area contributed by atoms with Gasteiger partial charge in [0.15, 0.2) is 0 Å². The maximum Gasteiger partial charge on any atom is 0.245 e. The minimum atomic E-state index is -0.575. The summed E-state index contributed by atoms with van der Waals surface area (Å²) < 4.78 is 1.82. The van der Waals surface area contributed by atoms with Crippen molar-refractivity contribution >= 4 is 11.8 Å². The normalized spacial score (nSPS) is 11.7. The van der Waals surface area contributed by atoms with Gasteiger partial charge in [0.2, 0.25) is 11.8 Å². The number of amides is 2. The van der Waals surface area contributed by atoms with E-state index in [0.29, 0.717) is 25.9 Å². The average Bonchev–Trinajstić information content (AvgIpc) is 2.77. The van der Waals surface area contributed by atoms with Gasteiger partial charge < -0.3 is 10.2 Å². The Bertz CT molecular complexity index is 609. The Kier molecular flexibility index (Phi) is 7.42. The predicted molar refractivity (Wildman–Crippen MR) is 95.6 cm³/mol. The summed E-state index contributed by atoms with van der Waals surface area (Å²) in [5, 5.41) is 7.11. The SMILES string of the molecule is C=CCN(CC=C)C(=O)C(C)NC(=O)CCc1c(C)nn(C)c1C. The van der Waals surface area contributed by atoms with Gasteiger partial charge in [0.05, 0.1) is 5.69 Å². The molecule has 6 heteroatoms. The minimum Gasteiger partial charge on any atom is -0.345 e. The van der Waals surface area contributed by atoms with Gasteiger partial charge in [-0.25, -0.2) is 0 Å². The third-order valence-electron chi connectivity index (χ3n) is 4.02. The molecule has 1 rings (SSSR count). The molecule has 1 aromatic rings. The van der Waals surface area contributed by atoms with Gasteiger partial charge in [-0.2, -0.15) is 5.10 Å². The van der Waals surface area contributed by atoms with Gasteiger partial charge in [0.25, 0.3) is 0 Å². The van der Waals surface area contributed by atoms with Crippen molar-refractivity contribution in [1.29, 1.82) is 0 Å². The summed E-state index contributed by atoms with van der Waals surface area (Å²) >= 11 is 0. The van der Waals surface area contributed by atoms with Crippen molar-refractivity contribution in [3.05, 3.63) is 42.3 Å². The van der Waals surface area contributed by atoms with Gasteiger partial charge in [0, 0.05) is 32.3 Å². The summed E-state index contributed by atoms with van der Waals surface area (Å²) in [6, 6.07) is -0.575. The van der Waals surface area contributed by atoms with E-state index in [-0.39, 0.29) is 11.8 Å². The van der Waals surface area contributed by atoms with Crippen LogP contribution in [-0.2, 0) is 23.1 Å². The second-order valence-corrected chi connectivity index (χ2v) is 5.88. The lowest BCUT2D eigenvalue weighted by Gasteiger charge is -2.23. The Hall–Kier alpha value is -2.37. The first kappa shape index (κ1) is 19.7. The molecule has 0 aromatic carbocycles. The molecular formula is C18H28N4O2. The molecule has 0 spiro atoms. The van der Waals surface area contributed by atoms with Crippen LogP contribution in [0.15, 0.2) is 25.3 Å². The number of nitrogens with one attached hydrogen (secondary N) is 1. The van der Waals surface area contributed by atoms with Crippen LogP contribution in [0.25, 0.3) is 0 Å². The maximum atomic E-state index is 12.3. The second-order valence-electron chi connectivity index (χ2n) is 5.88. The summed E-state index contributed by atoms with van der Waals surface area (Å²) in [5.41, 5.74) is 3.09. The molecule has 1 N–H and O–H groups in total. The van der Waals surface area contributed by atoms with Crippen molar-refractivity contribution in [3.8, 4) is 0 Å². The van der Waals surface area contributed by atoms with Crippen LogP contribution in [0, 0.1) is 13.8 Å². The van der Waals surface area contributed by atoms with Gasteiger partial charge in [0.1, 0.15) is 6.04 Å². The summed E-state index contributed by atoms with van der Waals surface area (Å²) in [5.74, 6) is -0.285. The molecule has 24 heavy (non-hydrogen) atoms. The zero-order valence-electron chi connectivity index (χ0n) is 15.1. The molecular weight excluding hydrogens is 304 g/mol. The quantitative estimate of drug-likeness (QED) is 0.700. The Labute approximate surface area is 144 Å². The van der Waals surface area contributed by atoms with Crippen LogP contribution in [0.5, 0.6) is 0 Å². The van der Waals surface area contributed by atoms with E-state index in [1.54, 1.807) is 24.0 Å². The molecule has 132 valence electrons. The molecule has 0 saturated heterocycles. The number of hydrogen-bond acceptors (Lipinski definition) is 3. The number of aromatic nitrogens is 2. The Morgan fingerprint density at radius 1 is 1.29 bits per heavy atom. The van der Waals surface area contributed by atoms with Crippen LogP contribution in [-0.4, -0.2) is 45.6 Å². The fourth-order valence-corrected chi connectivity index (χ4v) is 2.63. The maximum absolute atomic E-state index is 12.3. The summed E-state index contributed by atoms with van der Waals surface area (Å²) in [4.78, 5) is 26.1. The van der Waals surface area contributed by atoms with E-state index in [9.17, 15) is 9.59 Å². The third-order valence-corrected chi connectivity index (χ3v) is 4.02. The van der Waals surface area contributed by atoms with Crippen LogP contribution >= 0.6 is 0 Å². The van der Waals surface area contributed by atoms with Crippen LogP contribution in [0.1, 0.15) is 30.3 Å². The summed E-state index contributed by atoms with van der Waals surface area (Å²) in [6.07, 6.45) is 4.25. The van der Waals surface area contributed by atoms with E-state index in [1.165, 1.54) is 0 Å². The highest BCUT2D eigenvalue weighted by atomic mass is 16.2. The Morgan fingerprint density at radius 2 is 1.88 bits per heavy atom. The fourth-order valence-electron chi connectivity index (χ4n) is 2.63. The topological polar surface area (TPSA) is 67.2 Å². The summed E-state index contributed by atoms with van der Waals surface area (Å²) in [6.45, 7) is 13.8. The number of carbonyl (C=O) groups is 2. The smallest absolute Gasteiger partial charge is 0.245 e. The number of hydrogen-bond donors (Lipinski definition) is 1. The monoisotopic (exact) mass is 332 g/mol. The lowest BCUT2D eigenvalue weighted by Crippen LogP contribution is -2.47. The molecule has 6 nitrogen and oxygen atoms in total.